The van der Waals surface area contributed by atoms with Crippen LogP contribution >= 0.6 is 0 Å². The third-order valence-electron chi connectivity index (χ3n) is 5.19. The number of carbonyl (C=O) groups is 2. The molecule has 1 aromatic heterocycles. The van der Waals surface area contributed by atoms with Crippen LogP contribution in [0.1, 0.15) is 39.1 Å². The van der Waals surface area contributed by atoms with Crippen molar-refractivity contribution in [1.29, 1.82) is 0 Å². The van der Waals surface area contributed by atoms with Gasteiger partial charge in [-0.3, -0.25) is 14.4 Å². The van der Waals surface area contributed by atoms with E-state index in [-0.39, 0.29) is 11.3 Å². The summed E-state index contributed by atoms with van der Waals surface area (Å²) in [6.45, 7) is 1.30. The van der Waals surface area contributed by atoms with E-state index in [4.69, 9.17) is 0 Å². The minimum absolute atomic E-state index is 0.00456. The first kappa shape index (κ1) is 20.0. The zero-order valence-electron chi connectivity index (χ0n) is 16.6. The largest absolute Gasteiger partial charge is 0.355 e. The Labute approximate surface area is 165 Å². The summed E-state index contributed by atoms with van der Waals surface area (Å²) in [6.07, 6.45) is 3.10. The molecule has 2 atom stereocenters. The fourth-order valence-electron chi connectivity index (χ4n) is 3.59. The highest BCUT2D eigenvalue weighted by molar-refractivity contribution is 6.00. The van der Waals surface area contributed by atoms with Crippen molar-refractivity contribution >= 4 is 11.7 Å². The number of benzene rings is 1. The molecular formula is C22H27N3O3. The number of nitrogens with one attached hydrogen (secondary N) is 1. The minimum atomic E-state index is -0.474. The number of hydrogen-bond acceptors (Lipinski definition) is 4. The molecule has 0 spiro atoms. The highest BCUT2D eigenvalue weighted by Gasteiger charge is 2.38. The van der Waals surface area contributed by atoms with Crippen LogP contribution in [0.2, 0.25) is 0 Å². The fraction of sp³-hybridized carbons (Fsp3) is 0.409. The van der Waals surface area contributed by atoms with Crippen molar-refractivity contribution in [2.24, 2.45) is 11.8 Å². The smallest absolute Gasteiger partial charge is 0.263 e. The second-order valence-electron chi connectivity index (χ2n) is 7.79. The highest BCUT2D eigenvalue weighted by atomic mass is 16.2. The van der Waals surface area contributed by atoms with Crippen molar-refractivity contribution in [1.82, 2.24) is 14.8 Å². The second kappa shape index (κ2) is 8.52. The molecule has 6 heteroatoms. The van der Waals surface area contributed by atoms with E-state index in [9.17, 15) is 14.4 Å². The van der Waals surface area contributed by atoms with E-state index >= 15 is 0 Å². The van der Waals surface area contributed by atoms with Crippen LogP contribution in [0.25, 0.3) is 0 Å². The Balaban J connectivity index is 1.86. The number of amides is 1. The Kier molecular flexibility index (Phi) is 6.09. The van der Waals surface area contributed by atoms with Gasteiger partial charge in [0.2, 0.25) is 0 Å². The summed E-state index contributed by atoms with van der Waals surface area (Å²) in [7, 11) is 5.55. The van der Waals surface area contributed by atoms with Crippen molar-refractivity contribution in [2.45, 2.75) is 19.4 Å². The van der Waals surface area contributed by atoms with E-state index in [1.165, 1.54) is 17.7 Å². The van der Waals surface area contributed by atoms with E-state index in [2.05, 4.69) is 10.2 Å². The summed E-state index contributed by atoms with van der Waals surface area (Å²) in [4.78, 5) is 39.9. The van der Waals surface area contributed by atoms with Gasteiger partial charge in [0.15, 0.2) is 5.78 Å². The zero-order chi connectivity index (χ0) is 20.3. The lowest BCUT2D eigenvalue weighted by molar-refractivity contribution is 0.0961. The molecular weight excluding hydrogens is 354 g/mol. The topological polar surface area (TPSA) is 71.4 Å². The van der Waals surface area contributed by atoms with Crippen LogP contribution in [-0.4, -0.2) is 48.8 Å². The monoisotopic (exact) mass is 381 g/mol. The number of nitrogens with zero attached hydrogens (tertiary/aromatic N) is 2. The van der Waals surface area contributed by atoms with Gasteiger partial charge in [0, 0.05) is 31.8 Å². The van der Waals surface area contributed by atoms with Gasteiger partial charge >= 0.3 is 0 Å². The lowest BCUT2D eigenvalue weighted by Gasteiger charge is -2.12. The first-order valence-corrected chi connectivity index (χ1v) is 9.57. The number of aromatic nitrogens is 1. The maximum absolute atomic E-state index is 12.8. The average Bonchev–Trinajstić information content (AvgIpc) is 3.39. The Morgan fingerprint density at radius 3 is 2.54 bits per heavy atom. The first-order valence-electron chi connectivity index (χ1n) is 9.57. The molecule has 3 rings (SSSR count). The number of pyridine rings is 1. The summed E-state index contributed by atoms with van der Waals surface area (Å²) in [5, 5.41) is 2.49. The van der Waals surface area contributed by atoms with Gasteiger partial charge in [0.1, 0.15) is 5.56 Å². The predicted molar refractivity (Wildman–Crippen MR) is 109 cm³/mol. The van der Waals surface area contributed by atoms with Crippen LogP contribution in [0.3, 0.4) is 0 Å². The van der Waals surface area contributed by atoms with Gasteiger partial charge in [0.05, 0.1) is 6.54 Å². The maximum Gasteiger partial charge on any atom is 0.263 e. The molecule has 1 saturated carbocycles. The molecule has 148 valence electrons. The van der Waals surface area contributed by atoms with Crippen molar-refractivity contribution in [3.8, 4) is 0 Å². The average molecular weight is 381 g/mol. The van der Waals surface area contributed by atoms with Gasteiger partial charge in [-0.05, 0) is 44.0 Å². The summed E-state index contributed by atoms with van der Waals surface area (Å²) >= 11 is 0. The minimum Gasteiger partial charge on any atom is -0.355 e. The molecule has 1 heterocycles. The molecule has 1 amide bonds. The summed E-state index contributed by atoms with van der Waals surface area (Å²) in [5.74, 6) is 0.442. The third kappa shape index (κ3) is 4.75. The van der Waals surface area contributed by atoms with Crippen LogP contribution in [0, 0.1) is 11.8 Å². The molecule has 1 aliphatic rings. The Morgan fingerprint density at radius 2 is 1.89 bits per heavy atom. The quantitative estimate of drug-likeness (QED) is 0.710. The van der Waals surface area contributed by atoms with Gasteiger partial charge < -0.3 is 14.8 Å². The predicted octanol–water partition coefficient (Wildman–Crippen LogP) is 2.03. The molecule has 0 radical (unpaired) electrons. The molecule has 6 nitrogen and oxygen atoms in total. The first-order chi connectivity index (χ1) is 13.4. The van der Waals surface area contributed by atoms with Crippen LogP contribution in [0.15, 0.2) is 47.4 Å². The van der Waals surface area contributed by atoms with Crippen molar-refractivity contribution in [3.05, 3.63) is 69.6 Å². The number of carbonyl (C=O) groups excluding carboxylic acids is 2. The van der Waals surface area contributed by atoms with Crippen LogP contribution in [0.4, 0.5) is 0 Å². The number of Topliss-reactive ketones (excluding diaryl/α,β-unsaturated/α-hetero) is 1. The van der Waals surface area contributed by atoms with Gasteiger partial charge in [-0.15, -0.1) is 0 Å². The van der Waals surface area contributed by atoms with Gasteiger partial charge in [0.25, 0.3) is 11.5 Å². The van der Waals surface area contributed by atoms with Gasteiger partial charge in [-0.25, -0.2) is 0 Å². The summed E-state index contributed by atoms with van der Waals surface area (Å²) in [6, 6.07) is 11.0. The third-order valence-corrected chi connectivity index (χ3v) is 5.19. The zero-order valence-corrected chi connectivity index (χ0v) is 16.6. The molecule has 2 aromatic rings. The molecule has 0 unspecified atom stereocenters. The second-order valence-corrected chi connectivity index (χ2v) is 7.79. The highest BCUT2D eigenvalue weighted by Crippen LogP contribution is 2.42. The van der Waals surface area contributed by atoms with Crippen LogP contribution in [0.5, 0.6) is 0 Å². The Hall–Kier alpha value is -2.73. The van der Waals surface area contributed by atoms with Crippen molar-refractivity contribution in [3.63, 3.8) is 0 Å². The lowest BCUT2D eigenvalue weighted by Crippen LogP contribution is -2.32. The molecule has 1 fully saturated rings. The van der Waals surface area contributed by atoms with Crippen molar-refractivity contribution < 1.29 is 9.59 Å². The van der Waals surface area contributed by atoms with Crippen LogP contribution < -0.4 is 10.9 Å². The Bertz CT molecular complexity index is 918. The Morgan fingerprint density at radius 1 is 1.18 bits per heavy atom. The molecule has 1 N–H and O–H groups in total. The number of ketones is 1. The molecule has 0 saturated heterocycles. The maximum atomic E-state index is 12.8. The SMILES string of the molecule is CNC(=O)c1cc(C(=O)C[C@@H]2C[C@H]2CN(C)C)cn(Cc2ccccc2)c1=O. The fourth-order valence-corrected chi connectivity index (χ4v) is 3.59. The lowest BCUT2D eigenvalue weighted by atomic mass is 10.0. The van der Waals surface area contributed by atoms with Crippen LogP contribution in [-0.2, 0) is 6.54 Å². The van der Waals surface area contributed by atoms with Gasteiger partial charge in [-0.2, -0.15) is 0 Å². The molecule has 0 bridgehead atoms. The summed E-state index contributed by atoms with van der Waals surface area (Å²) in [5.41, 5.74) is 0.969. The van der Waals surface area contributed by atoms with E-state index in [0.29, 0.717) is 30.4 Å². The number of rotatable bonds is 8. The van der Waals surface area contributed by atoms with E-state index in [1.54, 1.807) is 6.20 Å². The van der Waals surface area contributed by atoms with E-state index in [0.717, 1.165) is 18.5 Å². The van der Waals surface area contributed by atoms with Crippen molar-refractivity contribution in [2.75, 3.05) is 27.7 Å². The molecule has 28 heavy (non-hydrogen) atoms. The summed E-state index contributed by atoms with van der Waals surface area (Å²) < 4.78 is 1.46. The van der Waals surface area contributed by atoms with E-state index < -0.39 is 11.5 Å². The standard InChI is InChI=1S/C22H27N3O3/c1-23-21(27)19-10-18(20(26)11-16-9-17(16)13-24(2)3)14-25(22(19)28)12-15-7-5-4-6-8-15/h4-8,10,14,16-17H,9,11-13H2,1-3H3,(H,23,27)/t16-,17-/m0/s1. The van der Waals surface area contributed by atoms with Gasteiger partial charge in [-0.1, -0.05) is 30.3 Å². The molecule has 1 aromatic carbocycles. The molecule has 0 aliphatic heterocycles. The van der Waals surface area contributed by atoms with E-state index in [1.807, 2.05) is 44.4 Å². The molecule has 1 aliphatic carbocycles. The number of hydrogen-bond donors (Lipinski definition) is 1. The normalized spacial score (nSPS) is 18.1.